The highest BCUT2D eigenvalue weighted by molar-refractivity contribution is 5.75. The van der Waals surface area contributed by atoms with Crippen LogP contribution < -0.4 is 9.47 Å². The number of nitriles is 1. The van der Waals surface area contributed by atoms with Crippen LogP contribution in [0.25, 0.3) is 0 Å². The van der Waals surface area contributed by atoms with Gasteiger partial charge in [0.2, 0.25) is 0 Å². The second-order valence-corrected chi connectivity index (χ2v) is 3.63. The number of halogens is 2. The lowest BCUT2D eigenvalue weighted by Gasteiger charge is -2.14. The molecule has 1 rings (SSSR count). The van der Waals surface area contributed by atoms with Gasteiger partial charge in [-0.05, 0) is 19.1 Å². The monoisotopic (exact) mass is 285 g/mol. The highest BCUT2D eigenvalue weighted by Gasteiger charge is 2.19. The van der Waals surface area contributed by atoms with Crippen molar-refractivity contribution in [3.63, 3.8) is 0 Å². The van der Waals surface area contributed by atoms with Crippen molar-refractivity contribution >= 4 is 5.97 Å². The molecule has 0 spiro atoms. The van der Waals surface area contributed by atoms with Crippen LogP contribution >= 0.6 is 0 Å². The Morgan fingerprint density at radius 2 is 2.05 bits per heavy atom. The Morgan fingerprint density at radius 3 is 2.55 bits per heavy atom. The van der Waals surface area contributed by atoms with Crippen molar-refractivity contribution in [3.8, 4) is 17.6 Å². The lowest BCUT2D eigenvalue weighted by atomic mass is 10.1. The van der Waals surface area contributed by atoms with Gasteiger partial charge in [-0.25, -0.2) is 0 Å². The fourth-order valence-electron chi connectivity index (χ4n) is 1.60. The summed E-state index contributed by atoms with van der Waals surface area (Å²) in [7, 11) is 1.30. The first-order valence-corrected chi connectivity index (χ1v) is 5.73. The van der Waals surface area contributed by atoms with Gasteiger partial charge in [0.1, 0.15) is 11.5 Å². The summed E-state index contributed by atoms with van der Waals surface area (Å²) in [5.41, 5.74) is 0.204. The molecule has 0 saturated carbocycles. The number of hydrogen-bond donors (Lipinski definition) is 0. The third-order valence-electron chi connectivity index (χ3n) is 2.36. The maximum atomic E-state index is 12.4. The molecule has 0 unspecified atom stereocenters. The fourth-order valence-corrected chi connectivity index (χ4v) is 1.60. The number of nitrogens with zero attached hydrogens (tertiary/aromatic N) is 1. The van der Waals surface area contributed by atoms with E-state index in [1.54, 1.807) is 13.0 Å². The summed E-state index contributed by atoms with van der Waals surface area (Å²) in [4.78, 5) is 11.5. The van der Waals surface area contributed by atoms with E-state index < -0.39 is 12.6 Å². The number of hydrogen-bond acceptors (Lipinski definition) is 5. The van der Waals surface area contributed by atoms with Crippen molar-refractivity contribution in [3.05, 3.63) is 23.3 Å². The number of esters is 1. The van der Waals surface area contributed by atoms with Crippen LogP contribution in [0.4, 0.5) is 8.78 Å². The van der Waals surface area contributed by atoms with E-state index in [2.05, 4.69) is 4.74 Å². The highest BCUT2D eigenvalue weighted by atomic mass is 19.3. The van der Waals surface area contributed by atoms with Crippen molar-refractivity contribution in [1.82, 2.24) is 0 Å². The fraction of sp³-hybridized carbons (Fsp3) is 0.385. The molecule has 20 heavy (non-hydrogen) atoms. The number of alkyl halides is 2. The van der Waals surface area contributed by atoms with Crippen LogP contribution in [0.3, 0.4) is 0 Å². The zero-order valence-electron chi connectivity index (χ0n) is 11.0. The van der Waals surface area contributed by atoms with Gasteiger partial charge in [-0.15, -0.1) is 0 Å². The van der Waals surface area contributed by atoms with Crippen molar-refractivity contribution in [2.45, 2.75) is 20.0 Å². The van der Waals surface area contributed by atoms with Crippen LogP contribution in [0.1, 0.15) is 18.1 Å². The molecule has 0 heterocycles. The van der Waals surface area contributed by atoms with E-state index in [1.165, 1.54) is 13.2 Å². The minimum Gasteiger partial charge on any atom is -0.496 e. The summed E-state index contributed by atoms with van der Waals surface area (Å²) in [6.45, 7) is -1.28. The van der Waals surface area contributed by atoms with E-state index in [9.17, 15) is 13.6 Å². The van der Waals surface area contributed by atoms with Gasteiger partial charge in [0.25, 0.3) is 0 Å². The lowest BCUT2D eigenvalue weighted by Crippen LogP contribution is -2.12. The van der Waals surface area contributed by atoms with E-state index in [0.29, 0.717) is 0 Å². The summed E-state index contributed by atoms with van der Waals surface area (Å²) < 4.78 is 38.9. The molecule has 108 valence electrons. The SMILES string of the molecule is CCOC(=O)Cc1c(OC)cc(C#N)cc1OC(F)F. The van der Waals surface area contributed by atoms with E-state index in [1.807, 2.05) is 0 Å². The predicted octanol–water partition coefficient (Wildman–Crippen LogP) is 2.27. The zero-order chi connectivity index (χ0) is 15.1. The number of benzene rings is 1. The molecule has 0 atom stereocenters. The molecule has 1 aromatic rings. The van der Waals surface area contributed by atoms with Gasteiger partial charge < -0.3 is 14.2 Å². The van der Waals surface area contributed by atoms with Crippen molar-refractivity contribution in [1.29, 1.82) is 5.26 Å². The van der Waals surface area contributed by atoms with E-state index >= 15 is 0 Å². The Morgan fingerprint density at radius 1 is 1.40 bits per heavy atom. The first-order chi connectivity index (χ1) is 9.51. The molecule has 0 bridgehead atoms. The van der Waals surface area contributed by atoms with E-state index in [4.69, 9.17) is 14.7 Å². The minimum absolute atomic E-state index is 0.0881. The van der Waals surface area contributed by atoms with Gasteiger partial charge >= 0.3 is 12.6 Å². The number of rotatable bonds is 6. The van der Waals surface area contributed by atoms with Gasteiger partial charge in [-0.1, -0.05) is 0 Å². The Kier molecular flexibility index (Phi) is 5.72. The molecule has 0 fully saturated rings. The molecule has 5 nitrogen and oxygen atoms in total. The van der Waals surface area contributed by atoms with Gasteiger partial charge in [-0.2, -0.15) is 14.0 Å². The van der Waals surface area contributed by atoms with Crippen LogP contribution in [-0.4, -0.2) is 26.3 Å². The zero-order valence-corrected chi connectivity index (χ0v) is 11.0. The van der Waals surface area contributed by atoms with Crippen LogP contribution in [0.5, 0.6) is 11.5 Å². The maximum Gasteiger partial charge on any atom is 0.387 e. The summed E-state index contributed by atoms with van der Waals surface area (Å²) in [5, 5.41) is 8.83. The Labute approximate surface area is 114 Å². The van der Waals surface area contributed by atoms with Crippen molar-refractivity contribution in [2.24, 2.45) is 0 Å². The first kappa shape index (κ1) is 15.7. The summed E-state index contributed by atoms with van der Waals surface area (Å²) in [6.07, 6.45) is -0.287. The van der Waals surface area contributed by atoms with Gasteiger partial charge in [0.05, 0.1) is 31.8 Å². The molecule has 0 N–H and O–H groups in total. The molecular weight excluding hydrogens is 272 g/mol. The Bertz CT molecular complexity index is 526. The molecule has 1 aromatic carbocycles. The highest BCUT2D eigenvalue weighted by Crippen LogP contribution is 2.32. The van der Waals surface area contributed by atoms with Crippen LogP contribution in [-0.2, 0) is 16.0 Å². The molecule has 0 aromatic heterocycles. The lowest BCUT2D eigenvalue weighted by molar-refractivity contribution is -0.142. The van der Waals surface area contributed by atoms with E-state index in [-0.39, 0.29) is 35.7 Å². The second kappa shape index (κ2) is 7.28. The van der Waals surface area contributed by atoms with Crippen LogP contribution in [0, 0.1) is 11.3 Å². The number of ether oxygens (including phenoxy) is 3. The van der Waals surface area contributed by atoms with Gasteiger partial charge in [0.15, 0.2) is 0 Å². The molecule has 0 amide bonds. The summed E-state index contributed by atoms with van der Waals surface area (Å²) >= 11 is 0. The van der Waals surface area contributed by atoms with Crippen molar-refractivity contribution in [2.75, 3.05) is 13.7 Å². The minimum atomic E-state index is -3.07. The Balaban J connectivity index is 3.22. The van der Waals surface area contributed by atoms with Gasteiger partial charge in [0, 0.05) is 5.56 Å². The number of carbonyl (C=O) groups is 1. The molecule has 0 saturated heterocycles. The summed E-state index contributed by atoms with van der Waals surface area (Å²) in [5.74, 6) is -0.758. The molecule has 0 radical (unpaired) electrons. The topological polar surface area (TPSA) is 68.5 Å². The normalized spacial score (nSPS) is 10.0. The third-order valence-corrected chi connectivity index (χ3v) is 2.36. The standard InChI is InChI=1S/C13H13F2NO4/c1-3-19-12(17)6-9-10(18-2)4-8(7-16)5-11(9)20-13(14)15/h4-5,13H,3,6H2,1-2H3. The smallest absolute Gasteiger partial charge is 0.387 e. The Hall–Kier alpha value is -2.36. The molecule has 0 aliphatic rings. The molecule has 0 aliphatic carbocycles. The van der Waals surface area contributed by atoms with E-state index in [0.717, 1.165) is 6.07 Å². The average Bonchev–Trinajstić information content (AvgIpc) is 2.40. The summed E-state index contributed by atoms with van der Waals surface area (Å²) in [6, 6.07) is 4.27. The first-order valence-electron chi connectivity index (χ1n) is 5.73. The number of carbonyl (C=O) groups excluding carboxylic acids is 1. The van der Waals surface area contributed by atoms with Gasteiger partial charge in [-0.3, -0.25) is 4.79 Å². The molecule has 7 heteroatoms. The largest absolute Gasteiger partial charge is 0.496 e. The third kappa shape index (κ3) is 4.09. The van der Waals surface area contributed by atoms with Crippen LogP contribution in [0.2, 0.25) is 0 Å². The molecule has 0 aliphatic heterocycles. The second-order valence-electron chi connectivity index (χ2n) is 3.63. The average molecular weight is 285 g/mol. The molecular formula is C13H13F2NO4. The van der Waals surface area contributed by atoms with Crippen molar-refractivity contribution < 1.29 is 27.8 Å². The predicted molar refractivity (Wildman–Crippen MR) is 64.7 cm³/mol. The number of methoxy groups -OCH3 is 1. The van der Waals surface area contributed by atoms with Crippen LogP contribution in [0.15, 0.2) is 12.1 Å². The quantitative estimate of drug-likeness (QED) is 0.750. The maximum absolute atomic E-state index is 12.4.